The molecule has 0 aliphatic rings. The van der Waals surface area contributed by atoms with Crippen molar-refractivity contribution >= 4 is 25.3 Å². The van der Waals surface area contributed by atoms with Gasteiger partial charge in [-0.25, -0.2) is 4.39 Å². The Morgan fingerprint density at radius 1 is 1.45 bits per heavy atom. The summed E-state index contributed by atoms with van der Waals surface area (Å²) in [4.78, 5) is 0. The van der Waals surface area contributed by atoms with Crippen LogP contribution in [0.2, 0.25) is 5.02 Å². The molecule has 2 unspecified atom stereocenters. The second-order valence-corrected chi connectivity index (χ2v) is 6.35. The topological polar surface area (TPSA) is 47.6 Å². The third kappa shape index (κ3) is 4.97. The van der Waals surface area contributed by atoms with E-state index in [0.717, 1.165) is 6.42 Å². The molecule has 2 atom stereocenters. The van der Waals surface area contributed by atoms with Crippen LogP contribution in [0.15, 0.2) is 12.1 Å². The average molecular weight is 324 g/mol. The van der Waals surface area contributed by atoms with Gasteiger partial charge in [0.1, 0.15) is 11.6 Å². The van der Waals surface area contributed by atoms with Gasteiger partial charge in [-0.2, -0.15) is 0 Å². The Balaban J connectivity index is 2.86. The van der Waals surface area contributed by atoms with Gasteiger partial charge in [-0.1, -0.05) is 18.5 Å². The highest BCUT2D eigenvalue weighted by atomic mass is 35.5. The molecule has 0 aliphatic heterocycles. The molecule has 0 saturated heterocycles. The fourth-order valence-electron chi connectivity index (χ4n) is 1.51. The molecular formula is C13H20ClFNO3P. The van der Waals surface area contributed by atoms with Crippen LogP contribution >= 0.6 is 19.6 Å². The molecule has 20 heavy (non-hydrogen) atoms. The molecule has 7 heteroatoms. The lowest BCUT2D eigenvalue weighted by Gasteiger charge is -2.17. The van der Waals surface area contributed by atoms with E-state index in [4.69, 9.17) is 20.9 Å². The van der Waals surface area contributed by atoms with E-state index in [-0.39, 0.29) is 10.8 Å². The van der Waals surface area contributed by atoms with Crippen molar-refractivity contribution in [2.24, 2.45) is 0 Å². The number of benzene rings is 1. The summed E-state index contributed by atoms with van der Waals surface area (Å²) in [5.74, 6) is -0.778. The maximum absolute atomic E-state index is 13.7. The van der Waals surface area contributed by atoms with Crippen molar-refractivity contribution < 1.29 is 18.2 Å². The molecule has 1 aromatic rings. The monoisotopic (exact) mass is 323 g/mol. The maximum Gasteiger partial charge on any atom is 0.230 e. The van der Waals surface area contributed by atoms with Gasteiger partial charge < -0.3 is 14.6 Å². The van der Waals surface area contributed by atoms with E-state index in [9.17, 15) is 8.96 Å². The van der Waals surface area contributed by atoms with Gasteiger partial charge in [-0.3, -0.25) is 4.57 Å². The zero-order valence-electron chi connectivity index (χ0n) is 11.8. The minimum absolute atomic E-state index is 0.141. The minimum Gasteiger partial charge on any atom is -0.479 e. The first kappa shape index (κ1) is 17.3. The highest BCUT2D eigenvalue weighted by Crippen LogP contribution is 2.36. The lowest BCUT2D eigenvalue weighted by molar-refractivity contribution is 0.255. The van der Waals surface area contributed by atoms with Crippen LogP contribution in [-0.4, -0.2) is 19.0 Å². The summed E-state index contributed by atoms with van der Waals surface area (Å²) in [5, 5.41) is 3.08. The van der Waals surface area contributed by atoms with E-state index in [1.165, 1.54) is 12.1 Å². The molecule has 1 aromatic carbocycles. The van der Waals surface area contributed by atoms with Crippen molar-refractivity contribution in [3.63, 3.8) is 0 Å². The first-order chi connectivity index (χ1) is 9.49. The van der Waals surface area contributed by atoms with E-state index in [1.807, 2.05) is 6.92 Å². The molecule has 0 aliphatic carbocycles. The molecule has 4 nitrogen and oxygen atoms in total. The molecule has 0 bridgehead atoms. The van der Waals surface area contributed by atoms with Crippen molar-refractivity contribution in [3.8, 4) is 5.75 Å². The van der Waals surface area contributed by atoms with E-state index < -0.39 is 19.7 Å². The summed E-state index contributed by atoms with van der Waals surface area (Å²) in [7, 11) is -2.32. The summed E-state index contributed by atoms with van der Waals surface area (Å²) in [5.41, 5.74) is 0.314. The number of hydrogen-bond acceptors (Lipinski definition) is 4. The molecule has 0 heterocycles. The third-order valence-corrected chi connectivity index (χ3v) is 4.16. The van der Waals surface area contributed by atoms with Gasteiger partial charge in [-0.15, -0.1) is 0 Å². The molecule has 1 rings (SSSR count). The summed E-state index contributed by atoms with van der Waals surface area (Å²) in [6.07, 6.45) is 0.868. The van der Waals surface area contributed by atoms with Crippen LogP contribution in [-0.2, 0) is 9.09 Å². The van der Waals surface area contributed by atoms with Gasteiger partial charge in [0, 0.05) is 12.6 Å². The van der Waals surface area contributed by atoms with Crippen LogP contribution in [0.5, 0.6) is 5.75 Å². The van der Waals surface area contributed by atoms with Crippen LogP contribution in [0, 0.1) is 5.82 Å². The second kappa shape index (κ2) is 8.50. The second-order valence-electron chi connectivity index (χ2n) is 4.20. The number of anilines is 1. The van der Waals surface area contributed by atoms with Crippen molar-refractivity contribution in [1.29, 1.82) is 0 Å². The predicted molar refractivity (Wildman–Crippen MR) is 80.9 cm³/mol. The SMILES string of the molecule is CCCNc1cc(OC(C)[PH](=O)OCC)c(Cl)cc1F. The van der Waals surface area contributed by atoms with Gasteiger partial charge in [0.25, 0.3) is 0 Å². The number of rotatable bonds is 8. The summed E-state index contributed by atoms with van der Waals surface area (Å²) < 4.78 is 35.9. The van der Waals surface area contributed by atoms with Gasteiger partial charge in [0.2, 0.25) is 8.03 Å². The Morgan fingerprint density at radius 3 is 2.75 bits per heavy atom. The van der Waals surface area contributed by atoms with E-state index in [0.29, 0.717) is 18.8 Å². The molecule has 1 N–H and O–H groups in total. The Labute approximate surface area is 124 Å². The Hall–Kier alpha value is -0.770. The Bertz CT molecular complexity index is 473. The molecule has 0 amide bonds. The van der Waals surface area contributed by atoms with Crippen molar-refractivity contribution in [2.75, 3.05) is 18.5 Å². The van der Waals surface area contributed by atoms with E-state index >= 15 is 0 Å². The fraction of sp³-hybridized carbons (Fsp3) is 0.538. The first-order valence-electron chi connectivity index (χ1n) is 6.55. The van der Waals surface area contributed by atoms with Crippen LogP contribution < -0.4 is 10.1 Å². The van der Waals surface area contributed by atoms with Crippen molar-refractivity contribution in [2.45, 2.75) is 33.0 Å². The maximum atomic E-state index is 13.7. The zero-order valence-corrected chi connectivity index (χ0v) is 13.6. The van der Waals surface area contributed by atoms with Crippen LogP contribution in [0.1, 0.15) is 27.2 Å². The minimum atomic E-state index is -2.32. The van der Waals surface area contributed by atoms with Crippen LogP contribution in [0.4, 0.5) is 10.1 Å². The standard InChI is InChI=1S/C13H20ClFNO3P/c1-4-6-16-12-8-13(10(14)7-11(12)15)19-9(3)20(17)18-5-2/h7-9,16,20H,4-6H2,1-3H3. The number of ether oxygens (including phenoxy) is 1. The quantitative estimate of drug-likeness (QED) is 0.714. The molecule has 114 valence electrons. The van der Waals surface area contributed by atoms with E-state index in [2.05, 4.69) is 5.32 Å². The third-order valence-electron chi connectivity index (χ3n) is 2.51. The normalized spacial score (nSPS) is 13.8. The van der Waals surface area contributed by atoms with Gasteiger partial charge in [0.15, 0.2) is 5.85 Å². The highest BCUT2D eigenvalue weighted by Gasteiger charge is 2.16. The smallest absolute Gasteiger partial charge is 0.230 e. The largest absolute Gasteiger partial charge is 0.479 e. The summed E-state index contributed by atoms with van der Waals surface area (Å²) in [6, 6.07) is 2.66. The Morgan fingerprint density at radius 2 is 2.15 bits per heavy atom. The summed E-state index contributed by atoms with van der Waals surface area (Å²) >= 11 is 5.94. The van der Waals surface area contributed by atoms with E-state index in [1.54, 1.807) is 13.8 Å². The number of nitrogens with one attached hydrogen (secondary N) is 1. The fourth-order valence-corrected chi connectivity index (χ4v) is 2.45. The predicted octanol–water partition coefficient (Wildman–Crippen LogP) is 4.54. The van der Waals surface area contributed by atoms with Crippen molar-refractivity contribution in [3.05, 3.63) is 23.0 Å². The molecule has 0 radical (unpaired) electrons. The molecule has 0 aromatic heterocycles. The summed E-state index contributed by atoms with van der Waals surface area (Å²) in [6.45, 7) is 6.37. The lowest BCUT2D eigenvalue weighted by atomic mass is 10.2. The van der Waals surface area contributed by atoms with Crippen molar-refractivity contribution in [1.82, 2.24) is 0 Å². The van der Waals surface area contributed by atoms with Crippen LogP contribution in [0.25, 0.3) is 0 Å². The van der Waals surface area contributed by atoms with Crippen LogP contribution in [0.3, 0.4) is 0 Å². The molecule has 0 fully saturated rings. The lowest BCUT2D eigenvalue weighted by Crippen LogP contribution is -2.09. The Kier molecular flexibility index (Phi) is 7.35. The molecule has 0 saturated carbocycles. The first-order valence-corrected chi connectivity index (χ1v) is 8.33. The molecule has 0 spiro atoms. The van der Waals surface area contributed by atoms with Gasteiger partial charge in [-0.05, 0) is 26.3 Å². The number of hydrogen-bond donors (Lipinski definition) is 1. The van der Waals surface area contributed by atoms with Gasteiger partial charge >= 0.3 is 0 Å². The average Bonchev–Trinajstić information content (AvgIpc) is 2.40. The number of halogens is 2. The van der Waals surface area contributed by atoms with Gasteiger partial charge in [0.05, 0.1) is 17.3 Å². The highest BCUT2D eigenvalue weighted by molar-refractivity contribution is 7.39. The molecular weight excluding hydrogens is 304 g/mol. The zero-order chi connectivity index (χ0) is 15.1.